The molecule has 2 aromatic rings. The van der Waals surface area contributed by atoms with Gasteiger partial charge >= 0.3 is 0 Å². The Hall–Kier alpha value is -1.88. The van der Waals surface area contributed by atoms with Gasteiger partial charge < -0.3 is 10.6 Å². The minimum absolute atomic E-state index is 0.129. The molecule has 1 aromatic heterocycles. The number of halogens is 1. The number of hydrogen-bond acceptors (Lipinski definition) is 3. The van der Waals surface area contributed by atoms with Crippen molar-refractivity contribution in [1.82, 2.24) is 10.3 Å². The summed E-state index contributed by atoms with van der Waals surface area (Å²) in [7, 11) is 0. The number of nitrogens with zero attached hydrogens (tertiary/aromatic N) is 1. The van der Waals surface area contributed by atoms with Crippen LogP contribution in [-0.2, 0) is 0 Å². The van der Waals surface area contributed by atoms with Crippen molar-refractivity contribution in [2.75, 3.05) is 5.32 Å². The maximum atomic E-state index is 12.2. The first kappa shape index (κ1) is 16.5. The molecular formula is C17H20BrN3O. The van der Waals surface area contributed by atoms with Gasteiger partial charge in [0.2, 0.25) is 0 Å². The van der Waals surface area contributed by atoms with Gasteiger partial charge in [-0.25, -0.2) is 0 Å². The maximum Gasteiger partial charge on any atom is 0.253 e. The van der Waals surface area contributed by atoms with Gasteiger partial charge in [0.1, 0.15) is 0 Å². The van der Waals surface area contributed by atoms with Crippen LogP contribution >= 0.6 is 15.9 Å². The molecule has 0 spiro atoms. The van der Waals surface area contributed by atoms with Crippen LogP contribution in [0.25, 0.3) is 0 Å². The van der Waals surface area contributed by atoms with E-state index < -0.39 is 0 Å². The molecule has 0 unspecified atom stereocenters. The molecule has 0 saturated carbocycles. The number of aryl methyl sites for hydroxylation is 1. The van der Waals surface area contributed by atoms with Crippen molar-refractivity contribution < 1.29 is 4.79 Å². The first-order valence-corrected chi connectivity index (χ1v) is 7.85. The Balaban J connectivity index is 2.20. The van der Waals surface area contributed by atoms with Crippen molar-refractivity contribution in [2.45, 2.75) is 33.2 Å². The van der Waals surface area contributed by atoms with E-state index in [2.05, 4.69) is 31.5 Å². The zero-order valence-electron chi connectivity index (χ0n) is 13.2. The largest absolute Gasteiger partial charge is 0.354 e. The number of carbonyl (C=O) groups excluding carboxylic acids is 1. The lowest BCUT2D eigenvalue weighted by atomic mass is 10.1. The topological polar surface area (TPSA) is 54.0 Å². The summed E-state index contributed by atoms with van der Waals surface area (Å²) < 4.78 is 1.03. The minimum Gasteiger partial charge on any atom is -0.354 e. The number of hydrogen-bond donors (Lipinski definition) is 2. The van der Waals surface area contributed by atoms with Gasteiger partial charge in [0.25, 0.3) is 5.91 Å². The Morgan fingerprint density at radius 3 is 2.55 bits per heavy atom. The summed E-state index contributed by atoms with van der Waals surface area (Å²) in [5.41, 5.74) is 3.14. The summed E-state index contributed by atoms with van der Waals surface area (Å²) in [6.45, 7) is 7.87. The molecule has 0 fully saturated rings. The van der Waals surface area contributed by atoms with Crippen LogP contribution in [0.4, 0.5) is 11.4 Å². The highest BCUT2D eigenvalue weighted by molar-refractivity contribution is 9.10. The molecule has 2 rings (SSSR count). The van der Waals surface area contributed by atoms with Gasteiger partial charge in [-0.3, -0.25) is 9.78 Å². The van der Waals surface area contributed by atoms with Crippen molar-refractivity contribution >= 4 is 33.2 Å². The lowest BCUT2D eigenvalue weighted by molar-refractivity contribution is 0.0919. The number of benzene rings is 1. The van der Waals surface area contributed by atoms with Gasteiger partial charge in [0.15, 0.2) is 0 Å². The van der Waals surface area contributed by atoms with E-state index >= 15 is 0 Å². The zero-order valence-corrected chi connectivity index (χ0v) is 14.8. The minimum atomic E-state index is -0.275. The number of pyridine rings is 1. The highest BCUT2D eigenvalue weighted by Crippen LogP contribution is 2.23. The smallest absolute Gasteiger partial charge is 0.253 e. The molecule has 0 atom stereocenters. The lowest BCUT2D eigenvalue weighted by Gasteiger charge is -2.20. The fourth-order valence-corrected chi connectivity index (χ4v) is 2.44. The van der Waals surface area contributed by atoms with Crippen LogP contribution in [-0.4, -0.2) is 16.4 Å². The van der Waals surface area contributed by atoms with Crippen molar-refractivity contribution in [3.05, 3.63) is 52.3 Å². The van der Waals surface area contributed by atoms with Crippen molar-refractivity contribution in [3.8, 4) is 0 Å². The highest BCUT2D eigenvalue weighted by atomic mass is 79.9. The quantitative estimate of drug-likeness (QED) is 0.850. The summed E-state index contributed by atoms with van der Waals surface area (Å²) in [6.07, 6.45) is 3.27. The molecule has 0 saturated heterocycles. The molecule has 0 bridgehead atoms. The van der Waals surface area contributed by atoms with E-state index in [1.807, 2.05) is 45.9 Å². The van der Waals surface area contributed by atoms with E-state index in [1.54, 1.807) is 18.5 Å². The van der Waals surface area contributed by atoms with E-state index in [4.69, 9.17) is 0 Å². The van der Waals surface area contributed by atoms with Gasteiger partial charge in [0, 0.05) is 21.9 Å². The predicted octanol–water partition coefficient (Wildman–Crippen LogP) is 4.42. The van der Waals surface area contributed by atoms with Gasteiger partial charge in [0.05, 0.1) is 17.4 Å². The summed E-state index contributed by atoms with van der Waals surface area (Å²) in [5.74, 6) is -0.129. The first-order valence-electron chi connectivity index (χ1n) is 7.05. The third-order valence-corrected chi connectivity index (χ3v) is 3.45. The molecule has 1 heterocycles. The fourth-order valence-electron chi connectivity index (χ4n) is 1.97. The second-order valence-corrected chi connectivity index (χ2v) is 7.17. The van der Waals surface area contributed by atoms with E-state index in [-0.39, 0.29) is 11.4 Å². The van der Waals surface area contributed by atoms with Crippen LogP contribution in [0.2, 0.25) is 0 Å². The molecule has 116 valence electrons. The third kappa shape index (κ3) is 4.56. The number of aromatic nitrogens is 1. The second kappa shape index (κ2) is 6.48. The van der Waals surface area contributed by atoms with Crippen molar-refractivity contribution in [2.24, 2.45) is 0 Å². The van der Waals surface area contributed by atoms with Crippen molar-refractivity contribution in [1.29, 1.82) is 0 Å². The van der Waals surface area contributed by atoms with Crippen LogP contribution in [0.5, 0.6) is 0 Å². The summed E-state index contributed by atoms with van der Waals surface area (Å²) >= 11 is 3.45. The first-order chi connectivity index (χ1) is 10.2. The van der Waals surface area contributed by atoms with Crippen LogP contribution in [0.15, 0.2) is 41.1 Å². The molecule has 0 aliphatic rings. The number of nitrogens with one attached hydrogen (secondary N) is 2. The molecule has 1 amide bonds. The van der Waals surface area contributed by atoms with E-state index in [1.165, 1.54) is 0 Å². The number of amides is 1. The summed E-state index contributed by atoms with van der Waals surface area (Å²) in [5, 5.41) is 6.23. The zero-order chi connectivity index (χ0) is 16.3. The molecule has 4 nitrogen and oxygen atoms in total. The molecule has 0 aliphatic carbocycles. The molecule has 1 aromatic carbocycles. The molecule has 5 heteroatoms. The second-order valence-electron chi connectivity index (χ2n) is 6.25. The molecule has 2 N–H and O–H groups in total. The average molecular weight is 362 g/mol. The van der Waals surface area contributed by atoms with E-state index in [0.29, 0.717) is 5.56 Å². The standard InChI is InChI=1S/C17H20BrN3O/c1-11-7-13(18)5-6-15(11)20-14-8-12(9-19-10-14)16(22)21-17(2,3)4/h5-10,20H,1-4H3,(H,21,22). The summed E-state index contributed by atoms with van der Waals surface area (Å²) in [6, 6.07) is 7.79. The monoisotopic (exact) mass is 361 g/mol. The van der Waals surface area contributed by atoms with E-state index in [9.17, 15) is 4.79 Å². The van der Waals surface area contributed by atoms with Gasteiger partial charge in [-0.05, 0) is 57.5 Å². The Morgan fingerprint density at radius 2 is 1.91 bits per heavy atom. The summed E-state index contributed by atoms with van der Waals surface area (Å²) in [4.78, 5) is 16.3. The molecule has 22 heavy (non-hydrogen) atoms. The normalized spacial score (nSPS) is 11.1. The van der Waals surface area contributed by atoms with Crippen LogP contribution < -0.4 is 10.6 Å². The number of rotatable bonds is 3. The maximum absolute atomic E-state index is 12.2. The Morgan fingerprint density at radius 1 is 1.18 bits per heavy atom. The molecule has 0 aliphatic heterocycles. The Labute approximate surface area is 139 Å². The highest BCUT2D eigenvalue weighted by Gasteiger charge is 2.15. The predicted molar refractivity (Wildman–Crippen MR) is 93.6 cm³/mol. The number of carbonyl (C=O) groups is 1. The van der Waals surface area contributed by atoms with Crippen LogP contribution in [0.3, 0.4) is 0 Å². The average Bonchev–Trinajstić information content (AvgIpc) is 2.40. The van der Waals surface area contributed by atoms with Crippen molar-refractivity contribution in [3.63, 3.8) is 0 Å². The third-order valence-electron chi connectivity index (χ3n) is 2.96. The van der Waals surface area contributed by atoms with Crippen LogP contribution in [0, 0.1) is 6.92 Å². The van der Waals surface area contributed by atoms with Crippen LogP contribution in [0.1, 0.15) is 36.7 Å². The van der Waals surface area contributed by atoms with Gasteiger partial charge in [-0.1, -0.05) is 15.9 Å². The lowest BCUT2D eigenvalue weighted by Crippen LogP contribution is -2.40. The number of anilines is 2. The van der Waals surface area contributed by atoms with Gasteiger partial charge in [-0.15, -0.1) is 0 Å². The molecule has 0 radical (unpaired) electrons. The fraction of sp³-hybridized carbons (Fsp3) is 0.294. The van der Waals surface area contributed by atoms with Gasteiger partial charge in [-0.2, -0.15) is 0 Å². The SMILES string of the molecule is Cc1cc(Br)ccc1Nc1cncc(C(=O)NC(C)(C)C)c1. The van der Waals surface area contributed by atoms with E-state index in [0.717, 1.165) is 21.4 Å². The Bertz CT molecular complexity index is 693. The molecular weight excluding hydrogens is 342 g/mol. The Kier molecular flexibility index (Phi) is 4.86.